The Balaban J connectivity index is 1.57. The summed E-state index contributed by atoms with van der Waals surface area (Å²) in [6.07, 6.45) is 3.85. The Morgan fingerprint density at radius 3 is 2.67 bits per heavy atom. The van der Waals surface area contributed by atoms with Crippen molar-refractivity contribution >= 4 is 5.91 Å². The Morgan fingerprint density at radius 1 is 1.23 bits per heavy atom. The number of carbonyl (C=O) groups excluding carboxylic acids is 1. The third kappa shape index (κ3) is 4.30. The van der Waals surface area contributed by atoms with E-state index in [4.69, 9.17) is 9.26 Å². The van der Waals surface area contributed by atoms with Gasteiger partial charge in [0.1, 0.15) is 0 Å². The van der Waals surface area contributed by atoms with Gasteiger partial charge in [-0.3, -0.25) is 4.79 Å². The van der Waals surface area contributed by atoms with E-state index >= 15 is 0 Å². The highest BCUT2D eigenvalue weighted by Crippen LogP contribution is 2.45. The first-order valence-corrected chi connectivity index (χ1v) is 10.9. The summed E-state index contributed by atoms with van der Waals surface area (Å²) in [4.78, 5) is 12.6. The van der Waals surface area contributed by atoms with E-state index in [-0.39, 0.29) is 40.8 Å². The van der Waals surface area contributed by atoms with Crippen LogP contribution < -0.4 is 5.32 Å². The number of aliphatic hydroxyl groups excluding tert-OH is 1. The van der Waals surface area contributed by atoms with Gasteiger partial charge in [0.25, 0.3) is 5.91 Å². The van der Waals surface area contributed by atoms with Gasteiger partial charge >= 0.3 is 0 Å². The fourth-order valence-corrected chi connectivity index (χ4v) is 5.25. The first-order chi connectivity index (χ1) is 14.3. The van der Waals surface area contributed by atoms with Crippen LogP contribution in [0.3, 0.4) is 0 Å². The van der Waals surface area contributed by atoms with E-state index in [2.05, 4.69) is 36.5 Å². The molecule has 4 rings (SSSR count). The number of ether oxygens (including phenoxy) is 1. The molecule has 0 spiro atoms. The van der Waals surface area contributed by atoms with E-state index in [9.17, 15) is 9.90 Å². The maximum absolute atomic E-state index is 12.6. The van der Waals surface area contributed by atoms with Gasteiger partial charge in [-0.1, -0.05) is 35.5 Å². The van der Waals surface area contributed by atoms with Crippen LogP contribution in [0.5, 0.6) is 0 Å². The predicted octanol–water partition coefficient (Wildman–Crippen LogP) is 3.77. The van der Waals surface area contributed by atoms with Crippen molar-refractivity contribution in [2.75, 3.05) is 6.54 Å². The van der Waals surface area contributed by atoms with E-state index < -0.39 is 0 Å². The van der Waals surface area contributed by atoms with E-state index in [0.717, 1.165) is 25.7 Å². The monoisotopic (exact) mass is 412 g/mol. The molecule has 2 fully saturated rings. The van der Waals surface area contributed by atoms with Crippen molar-refractivity contribution in [1.82, 2.24) is 10.5 Å². The lowest BCUT2D eigenvalue weighted by atomic mass is 9.73. The van der Waals surface area contributed by atoms with Crippen LogP contribution >= 0.6 is 0 Å². The molecular formula is C24H32N2O4. The molecule has 1 aliphatic heterocycles. The van der Waals surface area contributed by atoms with Crippen molar-refractivity contribution < 1.29 is 19.2 Å². The molecule has 1 saturated heterocycles. The molecule has 0 radical (unpaired) electrons. The Hall–Kier alpha value is -2.18. The second kappa shape index (κ2) is 8.16. The minimum absolute atomic E-state index is 0.0435. The zero-order valence-corrected chi connectivity index (χ0v) is 18.1. The van der Waals surface area contributed by atoms with Crippen LogP contribution in [0.25, 0.3) is 0 Å². The van der Waals surface area contributed by atoms with Gasteiger partial charge in [0, 0.05) is 30.4 Å². The van der Waals surface area contributed by atoms with Crippen LogP contribution in [0.2, 0.25) is 0 Å². The lowest BCUT2D eigenvalue weighted by molar-refractivity contribution is -0.178. The summed E-state index contributed by atoms with van der Waals surface area (Å²) in [5.74, 6) is 0.125. The summed E-state index contributed by atoms with van der Waals surface area (Å²) in [6.45, 7) is 6.42. The quantitative estimate of drug-likeness (QED) is 0.799. The molecule has 1 saturated carbocycles. The SMILES string of the molecule is Cc1cc(C(=O)NC[C@]2(c3ccccc3)CC[C@H]3[C@H](CC2)OC(C)(C)C[C@@H]3O)on1. The number of aromatic nitrogens is 1. The Morgan fingerprint density at radius 2 is 1.97 bits per heavy atom. The number of nitrogens with one attached hydrogen (secondary N) is 1. The highest BCUT2D eigenvalue weighted by Gasteiger charge is 2.46. The largest absolute Gasteiger partial charge is 0.393 e. The summed E-state index contributed by atoms with van der Waals surface area (Å²) in [5, 5.41) is 17.7. The number of carbonyl (C=O) groups is 1. The van der Waals surface area contributed by atoms with Gasteiger partial charge in [-0.15, -0.1) is 0 Å². The average molecular weight is 413 g/mol. The smallest absolute Gasteiger partial charge is 0.289 e. The number of aryl methyl sites for hydroxylation is 1. The minimum Gasteiger partial charge on any atom is -0.393 e. The van der Waals surface area contributed by atoms with Crippen LogP contribution in [-0.4, -0.2) is 40.5 Å². The summed E-state index contributed by atoms with van der Waals surface area (Å²) in [6, 6.07) is 12.0. The summed E-state index contributed by atoms with van der Waals surface area (Å²) in [5.41, 5.74) is 1.38. The lowest BCUT2D eigenvalue weighted by Crippen LogP contribution is -2.48. The lowest BCUT2D eigenvalue weighted by Gasteiger charge is -2.43. The van der Waals surface area contributed by atoms with Gasteiger partial charge in [0.2, 0.25) is 5.76 Å². The molecule has 0 bridgehead atoms. The molecule has 6 heteroatoms. The maximum Gasteiger partial charge on any atom is 0.289 e. The minimum atomic E-state index is -0.350. The number of fused-ring (bicyclic) bond motifs is 1. The zero-order chi connectivity index (χ0) is 21.4. The predicted molar refractivity (Wildman–Crippen MR) is 113 cm³/mol. The Bertz CT molecular complexity index is 878. The number of hydrogen-bond acceptors (Lipinski definition) is 5. The normalized spacial score (nSPS) is 30.9. The van der Waals surface area contributed by atoms with E-state index in [0.29, 0.717) is 18.7 Å². The zero-order valence-electron chi connectivity index (χ0n) is 18.1. The molecule has 2 heterocycles. The van der Waals surface area contributed by atoms with E-state index in [1.807, 2.05) is 18.2 Å². The Labute approximate surface area is 178 Å². The molecule has 162 valence electrons. The van der Waals surface area contributed by atoms with Crippen molar-refractivity contribution in [2.45, 2.75) is 76.1 Å². The standard InChI is InChI=1S/C24H32N2O4/c1-16-13-21(30-26-16)22(28)25-15-24(17-7-5-4-6-8-17)11-9-18-19(27)14-23(2,3)29-20(18)10-12-24/h4-8,13,18-20,27H,9-12,14-15H2,1-3H3,(H,25,28)/t18-,19+,20+,24+/m1/s1. The van der Waals surface area contributed by atoms with Gasteiger partial charge in [0.05, 0.1) is 23.5 Å². The van der Waals surface area contributed by atoms with Crippen LogP contribution in [0.15, 0.2) is 40.9 Å². The Kier molecular flexibility index (Phi) is 5.73. The van der Waals surface area contributed by atoms with Crippen LogP contribution in [0, 0.1) is 12.8 Å². The summed E-state index contributed by atoms with van der Waals surface area (Å²) < 4.78 is 11.5. The van der Waals surface area contributed by atoms with E-state index in [1.54, 1.807) is 13.0 Å². The van der Waals surface area contributed by atoms with Crippen molar-refractivity contribution in [3.8, 4) is 0 Å². The molecule has 1 aromatic heterocycles. The number of aliphatic hydroxyl groups is 1. The van der Waals surface area contributed by atoms with Crippen molar-refractivity contribution in [2.24, 2.45) is 5.92 Å². The number of hydrogen-bond donors (Lipinski definition) is 2. The maximum atomic E-state index is 12.6. The van der Waals surface area contributed by atoms with Gasteiger partial charge < -0.3 is 19.7 Å². The van der Waals surface area contributed by atoms with E-state index in [1.165, 1.54) is 5.56 Å². The van der Waals surface area contributed by atoms with Crippen molar-refractivity contribution in [1.29, 1.82) is 0 Å². The highest BCUT2D eigenvalue weighted by atomic mass is 16.5. The molecule has 2 aromatic rings. The number of amides is 1. The molecule has 2 N–H and O–H groups in total. The van der Waals surface area contributed by atoms with Gasteiger partial charge in [-0.05, 0) is 52.0 Å². The second-order valence-corrected chi connectivity index (χ2v) is 9.59. The van der Waals surface area contributed by atoms with Crippen molar-refractivity contribution in [3.05, 3.63) is 53.4 Å². The fourth-order valence-electron chi connectivity index (χ4n) is 5.25. The fraction of sp³-hybridized carbons (Fsp3) is 0.583. The van der Waals surface area contributed by atoms with Gasteiger partial charge in [-0.25, -0.2) is 0 Å². The molecule has 4 atom stereocenters. The topological polar surface area (TPSA) is 84.6 Å². The number of nitrogens with zero attached hydrogens (tertiary/aromatic N) is 1. The van der Waals surface area contributed by atoms with Crippen LogP contribution in [-0.2, 0) is 10.2 Å². The van der Waals surface area contributed by atoms with Crippen LogP contribution in [0.4, 0.5) is 0 Å². The molecule has 30 heavy (non-hydrogen) atoms. The summed E-state index contributed by atoms with van der Waals surface area (Å²) >= 11 is 0. The number of rotatable bonds is 4. The molecule has 6 nitrogen and oxygen atoms in total. The second-order valence-electron chi connectivity index (χ2n) is 9.59. The molecule has 1 aliphatic carbocycles. The first-order valence-electron chi connectivity index (χ1n) is 10.9. The summed E-state index contributed by atoms with van der Waals surface area (Å²) in [7, 11) is 0. The molecule has 1 amide bonds. The third-order valence-corrected chi connectivity index (χ3v) is 6.83. The average Bonchev–Trinajstić information content (AvgIpc) is 3.05. The third-order valence-electron chi connectivity index (χ3n) is 6.83. The van der Waals surface area contributed by atoms with Crippen LogP contribution in [0.1, 0.15) is 67.8 Å². The molecule has 2 aliphatic rings. The molecule has 0 unspecified atom stereocenters. The van der Waals surface area contributed by atoms with Gasteiger partial charge in [-0.2, -0.15) is 0 Å². The molecule has 1 aromatic carbocycles. The first kappa shape index (κ1) is 21.1. The van der Waals surface area contributed by atoms with Crippen molar-refractivity contribution in [3.63, 3.8) is 0 Å². The van der Waals surface area contributed by atoms with Gasteiger partial charge in [0.15, 0.2) is 0 Å². The highest BCUT2D eigenvalue weighted by molar-refractivity contribution is 5.91. The number of benzene rings is 1. The molecular weight excluding hydrogens is 380 g/mol.